The molecule has 0 aliphatic carbocycles. The number of amides is 1. The minimum Gasteiger partial charge on any atom is -0.396 e. The summed E-state index contributed by atoms with van der Waals surface area (Å²) in [4.78, 5) is 26.3. The van der Waals surface area contributed by atoms with Crippen LogP contribution >= 0.6 is 0 Å². The maximum absolute atomic E-state index is 13.5. The van der Waals surface area contributed by atoms with Crippen molar-refractivity contribution in [2.75, 3.05) is 37.7 Å². The Morgan fingerprint density at radius 3 is 2.48 bits per heavy atom. The fraction of sp³-hybridized carbons (Fsp3) is 0.522. The zero-order valence-corrected chi connectivity index (χ0v) is 16.9. The maximum Gasteiger partial charge on any atom is 0.230 e. The van der Waals surface area contributed by atoms with Gasteiger partial charge in [-0.05, 0) is 49.7 Å². The molecule has 154 valence electrons. The number of aromatic nitrogens is 2. The van der Waals surface area contributed by atoms with Crippen LogP contribution in [0.5, 0.6) is 0 Å². The van der Waals surface area contributed by atoms with Crippen molar-refractivity contribution in [2.24, 2.45) is 11.3 Å². The molecule has 1 amide bonds. The Kier molecular flexibility index (Phi) is 6.09. The number of nitrogens with zero attached hydrogens (tertiary/aromatic N) is 4. The van der Waals surface area contributed by atoms with Gasteiger partial charge in [-0.15, -0.1) is 0 Å². The van der Waals surface area contributed by atoms with Crippen LogP contribution in [0.4, 0.5) is 5.95 Å². The van der Waals surface area contributed by atoms with Gasteiger partial charge < -0.3 is 14.9 Å². The van der Waals surface area contributed by atoms with Crippen molar-refractivity contribution in [3.8, 4) is 0 Å². The molecule has 6 heteroatoms. The first-order valence-corrected chi connectivity index (χ1v) is 10.7. The van der Waals surface area contributed by atoms with E-state index in [2.05, 4.69) is 45.2 Å². The van der Waals surface area contributed by atoms with Crippen molar-refractivity contribution in [3.63, 3.8) is 0 Å². The fourth-order valence-electron chi connectivity index (χ4n) is 4.82. The average Bonchev–Trinajstić information content (AvgIpc) is 3.21. The van der Waals surface area contributed by atoms with Crippen molar-refractivity contribution in [3.05, 3.63) is 54.4 Å². The fourth-order valence-corrected chi connectivity index (χ4v) is 4.82. The van der Waals surface area contributed by atoms with Crippen LogP contribution in [0.15, 0.2) is 48.8 Å². The number of hydrogen-bond donors (Lipinski definition) is 1. The van der Waals surface area contributed by atoms with Gasteiger partial charge in [0.15, 0.2) is 0 Å². The number of anilines is 1. The lowest BCUT2D eigenvalue weighted by molar-refractivity contribution is -0.143. The molecule has 2 aromatic rings. The molecule has 4 rings (SSSR count). The number of likely N-dealkylation sites (tertiary alicyclic amines) is 1. The lowest BCUT2D eigenvalue weighted by Gasteiger charge is -2.38. The van der Waals surface area contributed by atoms with Crippen LogP contribution in [-0.2, 0) is 11.2 Å². The van der Waals surface area contributed by atoms with Gasteiger partial charge in [0.1, 0.15) is 0 Å². The largest absolute Gasteiger partial charge is 0.396 e. The summed E-state index contributed by atoms with van der Waals surface area (Å²) < 4.78 is 0. The Hall–Kier alpha value is -2.47. The van der Waals surface area contributed by atoms with Crippen LogP contribution < -0.4 is 4.90 Å². The molecule has 3 heterocycles. The van der Waals surface area contributed by atoms with Gasteiger partial charge >= 0.3 is 0 Å². The first-order valence-electron chi connectivity index (χ1n) is 10.7. The molecule has 0 spiro atoms. The van der Waals surface area contributed by atoms with Gasteiger partial charge in [0.05, 0.1) is 5.41 Å². The second kappa shape index (κ2) is 8.91. The molecule has 29 heavy (non-hydrogen) atoms. The van der Waals surface area contributed by atoms with E-state index in [1.54, 1.807) is 18.5 Å². The van der Waals surface area contributed by atoms with Crippen molar-refractivity contribution < 1.29 is 9.90 Å². The minimum absolute atomic E-state index is 0.0275. The highest BCUT2D eigenvalue weighted by Crippen LogP contribution is 2.38. The van der Waals surface area contributed by atoms with Crippen LogP contribution in [0.1, 0.15) is 31.2 Å². The van der Waals surface area contributed by atoms with Crippen molar-refractivity contribution in [1.29, 1.82) is 0 Å². The van der Waals surface area contributed by atoms with Crippen LogP contribution in [0.3, 0.4) is 0 Å². The van der Waals surface area contributed by atoms with E-state index in [1.165, 1.54) is 5.56 Å². The third kappa shape index (κ3) is 4.42. The van der Waals surface area contributed by atoms with E-state index in [0.29, 0.717) is 24.8 Å². The summed E-state index contributed by atoms with van der Waals surface area (Å²) in [5, 5.41) is 9.68. The van der Waals surface area contributed by atoms with Gasteiger partial charge in [0.2, 0.25) is 11.9 Å². The number of hydrogen-bond acceptors (Lipinski definition) is 5. The lowest BCUT2D eigenvalue weighted by atomic mass is 9.81. The number of aliphatic hydroxyl groups is 1. The van der Waals surface area contributed by atoms with E-state index in [1.807, 2.05) is 4.90 Å². The summed E-state index contributed by atoms with van der Waals surface area (Å²) in [7, 11) is 0. The molecule has 2 aliphatic rings. The van der Waals surface area contributed by atoms with E-state index in [9.17, 15) is 9.90 Å². The Morgan fingerprint density at radius 2 is 1.79 bits per heavy atom. The highest BCUT2D eigenvalue weighted by molar-refractivity contribution is 5.84. The van der Waals surface area contributed by atoms with Gasteiger partial charge in [-0.3, -0.25) is 4.79 Å². The third-order valence-electron chi connectivity index (χ3n) is 6.50. The number of piperidine rings is 1. The molecule has 2 fully saturated rings. The highest BCUT2D eigenvalue weighted by Gasteiger charge is 2.47. The Bertz CT molecular complexity index is 793. The first kappa shape index (κ1) is 19.8. The smallest absolute Gasteiger partial charge is 0.230 e. The summed E-state index contributed by atoms with van der Waals surface area (Å²) in [5.74, 6) is 1.50. The molecule has 1 unspecified atom stereocenters. The van der Waals surface area contributed by atoms with Crippen LogP contribution in [0.25, 0.3) is 0 Å². The number of carbonyl (C=O) groups is 1. The molecule has 2 aliphatic heterocycles. The minimum atomic E-state index is -0.528. The van der Waals surface area contributed by atoms with E-state index in [4.69, 9.17) is 0 Å². The van der Waals surface area contributed by atoms with E-state index in [-0.39, 0.29) is 12.5 Å². The predicted octanol–water partition coefficient (Wildman–Crippen LogP) is 2.54. The number of carbonyl (C=O) groups excluding carboxylic acids is 1. The molecule has 0 bridgehead atoms. The highest BCUT2D eigenvalue weighted by atomic mass is 16.3. The molecule has 0 saturated carbocycles. The summed E-state index contributed by atoms with van der Waals surface area (Å²) in [5.41, 5.74) is 0.851. The number of aliphatic hydroxyl groups excluding tert-OH is 1. The van der Waals surface area contributed by atoms with Crippen LogP contribution in [0.2, 0.25) is 0 Å². The van der Waals surface area contributed by atoms with E-state index < -0.39 is 5.41 Å². The maximum atomic E-state index is 13.5. The number of rotatable bonds is 6. The average molecular weight is 395 g/mol. The van der Waals surface area contributed by atoms with Crippen molar-refractivity contribution >= 4 is 11.9 Å². The van der Waals surface area contributed by atoms with E-state index in [0.717, 1.165) is 45.3 Å². The second-order valence-electron chi connectivity index (χ2n) is 8.40. The number of benzene rings is 1. The standard InChI is InChI=1S/C23H30N4O2/c28-16-10-23(9-15-27(18-23)22-24-11-4-12-25-22)21(29)26-13-7-20(8-14-26)17-19-5-2-1-3-6-19/h1-6,11-12,20,28H,7-10,13-18H2. The normalized spacial score (nSPS) is 22.8. The molecular weight excluding hydrogens is 364 g/mol. The Balaban J connectivity index is 1.38. The Morgan fingerprint density at radius 1 is 1.07 bits per heavy atom. The zero-order chi connectivity index (χ0) is 20.1. The predicted molar refractivity (Wildman–Crippen MR) is 112 cm³/mol. The SMILES string of the molecule is O=C(N1CCC(Cc2ccccc2)CC1)C1(CCO)CCN(c2ncccn2)C1. The van der Waals surface area contributed by atoms with Gasteiger partial charge in [0, 0.05) is 45.2 Å². The monoisotopic (exact) mass is 394 g/mol. The van der Waals surface area contributed by atoms with Crippen LogP contribution in [-0.4, -0.2) is 58.7 Å². The van der Waals surface area contributed by atoms with Crippen LogP contribution in [0, 0.1) is 11.3 Å². The molecule has 1 atom stereocenters. The van der Waals surface area contributed by atoms with Gasteiger partial charge in [-0.2, -0.15) is 0 Å². The topological polar surface area (TPSA) is 69.6 Å². The molecule has 0 radical (unpaired) electrons. The summed E-state index contributed by atoms with van der Waals surface area (Å²) in [6, 6.07) is 12.4. The van der Waals surface area contributed by atoms with Gasteiger partial charge in [0.25, 0.3) is 0 Å². The summed E-state index contributed by atoms with van der Waals surface area (Å²) in [6.45, 7) is 2.98. The summed E-state index contributed by atoms with van der Waals surface area (Å²) in [6.07, 6.45) is 7.88. The van der Waals surface area contributed by atoms with Crippen molar-refractivity contribution in [1.82, 2.24) is 14.9 Å². The third-order valence-corrected chi connectivity index (χ3v) is 6.50. The zero-order valence-electron chi connectivity index (χ0n) is 16.9. The molecule has 6 nitrogen and oxygen atoms in total. The first-order chi connectivity index (χ1) is 14.2. The molecule has 1 aromatic heterocycles. The molecule has 2 saturated heterocycles. The van der Waals surface area contributed by atoms with Gasteiger partial charge in [-0.25, -0.2) is 9.97 Å². The molecule has 1 N–H and O–H groups in total. The quantitative estimate of drug-likeness (QED) is 0.815. The van der Waals surface area contributed by atoms with Gasteiger partial charge in [-0.1, -0.05) is 30.3 Å². The molecular formula is C23H30N4O2. The Labute approximate surface area is 172 Å². The van der Waals surface area contributed by atoms with E-state index >= 15 is 0 Å². The summed E-state index contributed by atoms with van der Waals surface area (Å²) >= 11 is 0. The second-order valence-corrected chi connectivity index (χ2v) is 8.40. The van der Waals surface area contributed by atoms with Crippen molar-refractivity contribution in [2.45, 2.75) is 32.1 Å². The lowest BCUT2D eigenvalue weighted by Crippen LogP contribution is -2.49. The molecule has 1 aromatic carbocycles.